The largest absolute Gasteiger partial charge is 0.507 e. The van der Waals surface area contributed by atoms with Gasteiger partial charge in [-0.15, -0.1) is 0 Å². The number of aryl methyl sites for hydroxylation is 2. The van der Waals surface area contributed by atoms with Gasteiger partial charge in [0.25, 0.3) is 5.78 Å². The molecule has 0 radical (unpaired) electrons. The molecule has 1 N–H and O–H groups in total. The highest BCUT2D eigenvalue weighted by Crippen LogP contribution is 2.42. The van der Waals surface area contributed by atoms with Crippen LogP contribution in [0.3, 0.4) is 0 Å². The molecule has 2 aromatic carbocycles. The molecule has 0 unspecified atom stereocenters. The van der Waals surface area contributed by atoms with Crippen molar-refractivity contribution in [3.63, 3.8) is 0 Å². The van der Waals surface area contributed by atoms with Gasteiger partial charge in [-0.05, 0) is 62.2 Å². The Balaban J connectivity index is 1.91. The first-order chi connectivity index (χ1) is 15.4. The summed E-state index contributed by atoms with van der Waals surface area (Å²) in [5.41, 5.74) is 3.01. The summed E-state index contributed by atoms with van der Waals surface area (Å²) in [6.07, 6.45) is 1.57. The van der Waals surface area contributed by atoms with Crippen LogP contribution in [-0.2, 0) is 9.59 Å². The number of rotatable bonds is 5. The van der Waals surface area contributed by atoms with Crippen LogP contribution in [0.15, 0.2) is 72.4 Å². The first kappa shape index (κ1) is 21.3. The number of hydrogen-bond donors (Lipinski definition) is 1. The second-order valence-corrected chi connectivity index (χ2v) is 7.68. The second kappa shape index (κ2) is 8.67. The average Bonchev–Trinajstić information content (AvgIpc) is 3.05. The van der Waals surface area contributed by atoms with Crippen LogP contribution in [0.1, 0.15) is 35.2 Å². The van der Waals surface area contributed by atoms with Crippen LogP contribution in [0.2, 0.25) is 0 Å². The number of hydrogen-bond acceptors (Lipinski definition) is 5. The molecule has 0 bridgehead atoms. The molecule has 1 aromatic heterocycles. The van der Waals surface area contributed by atoms with E-state index in [2.05, 4.69) is 4.98 Å². The maximum Gasteiger partial charge on any atom is 0.301 e. The van der Waals surface area contributed by atoms with Gasteiger partial charge in [-0.25, -0.2) is 4.98 Å². The third kappa shape index (κ3) is 3.75. The molecular formula is C26H24N2O4. The minimum Gasteiger partial charge on any atom is -0.507 e. The fourth-order valence-electron chi connectivity index (χ4n) is 3.93. The van der Waals surface area contributed by atoms with Crippen LogP contribution in [-0.4, -0.2) is 28.4 Å². The Morgan fingerprint density at radius 1 is 1.06 bits per heavy atom. The van der Waals surface area contributed by atoms with E-state index in [1.54, 1.807) is 42.6 Å². The fourth-order valence-corrected chi connectivity index (χ4v) is 3.93. The number of carbonyl (C=O) groups is 2. The van der Waals surface area contributed by atoms with Gasteiger partial charge < -0.3 is 9.84 Å². The Bertz CT molecular complexity index is 1200. The summed E-state index contributed by atoms with van der Waals surface area (Å²) in [6.45, 7) is 6.20. The average molecular weight is 428 g/mol. The Morgan fingerprint density at radius 2 is 1.81 bits per heavy atom. The van der Waals surface area contributed by atoms with Crippen molar-refractivity contribution in [2.75, 3.05) is 11.5 Å². The van der Waals surface area contributed by atoms with Crippen molar-refractivity contribution in [1.29, 1.82) is 0 Å². The van der Waals surface area contributed by atoms with Gasteiger partial charge in [0.1, 0.15) is 17.3 Å². The SMILES string of the molecule is CCOc1ccc(C(O)=C2C(=O)C(=O)N(c3ccccn3)[C@H]2c2ccc(C)cc2)c(C)c1. The molecular weight excluding hydrogens is 404 g/mol. The molecule has 4 rings (SSSR count). The van der Waals surface area contributed by atoms with E-state index in [9.17, 15) is 14.7 Å². The van der Waals surface area contributed by atoms with E-state index in [1.807, 2.05) is 45.0 Å². The molecule has 0 saturated carbocycles. The van der Waals surface area contributed by atoms with Crippen LogP contribution >= 0.6 is 0 Å². The van der Waals surface area contributed by atoms with Gasteiger partial charge >= 0.3 is 5.91 Å². The lowest BCUT2D eigenvalue weighted by Crippen LogP contribution is -2.30. The molecule has 2 heterocycles. The topological polar surface area (TPSA) is 79.7 Å². The molecule has 1 fully saturated rings. The van der Waals surface area contributed by atoms with Crippen molar-refractivity contribution >= 4 is 23.3 Å². The number of aliphatic hydroxyl groups is 1. The smallest absolute Gasteiger partial charge is 0.301 e. The Kier molecular flexibility index (Phi) is 5.77. The van der Waals surface area contributed by atoms with Gasteiger partial charge in [0.2, 0.25) is 0 Å². The number of benzene rings is 2. The van der Waals surface area contributed by atoms with E-state index >= 15 is 0 Å². The molecule has 0 spiro atoms. The zero-order valence-electron chi connectivity index (χ0n) is 18.2. The van der Waals surface area contributed by atoms with Crippen molar-refractivity contribution in [2.45, 2.75) is 26.8 Å². The molecule has 1 aliphatic rings. The van der Waals surface area contributed by atoms with Crippen molar-refractivity contribution in [3.05, 3.63) is 94.7 Å². The molecule has 32 heavy (non-hydrogen) atoms. The van der Waals surface area contributed by atoms with Crippen molar-refractivity contribution < 1.29 is 19.4 Å². The minimum absolute atomic E-state index is 0.0387. The molecule has 1 amide bonds. The number of ether oxygens (including phenoxy) is 1. The highest BCUT2D eigenvalue weighted by Gasteiger charge is 2.47. The van der Waals surface area contributed by atoms with E-state index in [1.165, 1.54) is 4.90 Å². The van der Waals surface area contributed by atoms with Crippen LogP contribution in [0.25, 0.3) is 5.76 Å². The van der Waals surface area contributed by atoms with Gasteiger partial charge in [0, 0.05) is 11.8 Å². The number of nitrogens with zero attached hydrogens (tertiary/aromatic N) is 2. The summed E-state index contributed by atoms with van der Waals surface area (Å²) in [5.74, 6) is -0.660. The molecule has 6 nitrogen and oxygen atoms in total. The predicted octanol–water partition coefficient (Wildman–Crippen LogP) is 4.72. The number of anilines is 1. The van der Waals surface area contributed by atoms with Gasteiger partial charge in [0.05, 0.1) is 18.2 Å². The third-order valence-electron chi connectivity index (χ3n) is 5.50. The minimum atomic E-state index is -0.795. The standard InChI is InChI=1S/C26H24N2O4/c1-4-32-19-12-13-20(17(3)15-19)24(29)22-23(18-10-8-16(2)9-11-18)28(26(31)25(22)30)21-7-5-6-14-27-21/h5-15,23,29H,4H2,1-3H3/t23-/m0/s1. The van der Waals surface area contributed by atoms with Crippen LogP contribution < -0.4 is 9.64 Å². The lowest BCUT2D eigenvalue weighted by molar-refractivity contribution is -0.132. The lowest BCUT2D eigenvalue weighted by Gasteiger charge is -2.24. The van der Waals surface area contributed by atoms with E-state index in [-0.39, 0.29) is 11.3 Å². The normalized spacial score (nSPS) is 17.6. The summed E-state index contributed by atoms with van der Waals surface area (Å²) >= 11 is 0. The van der Waals surface area contributed by atoms with Crippen LogP contribution in [0.5, 0.6) is 5.75 Å². The highest BCUT2D eigenvalue weighted by atomic mass is 16.5. The lowest BCUT2D eigenvalue weighted by atomic mass is 9.93. The Hall–Kier alpha value is -3.93. The maximum atomic E-state index is 13.2. The van der Waals surface area contributed by atoms with Gasteiger partial charge in [-0.2, -0.15) is 0 Å². The number of amides is 1. The first-order valence-corrected chi connectivity index (χ1v) is 10.4. The van der Waals surface area contributed by atoms with Crippen LogP contribution in [0.4, 0.5) is 5.82 Å². The monoisotopic (exact) mass is 428 g/mol. The van der Waals surface area contributed by atoms with Gasteiger partial charge in [-0.3, -0.25) is 14.5 Å². The van der Waals surface area contributed by atoms with Gasteiger partial charge in [-0.1, -0.05) is 35.9 Å². The number of aromatic nitrogens is 1. The van der Waals surface area contributed by atoms with Crippen molar-refractivity contribution in [3.8, 4) is 5.75 Å². The second-order valence-electron chi connectivity index (χ2n) is 7.68. The van der Waals surface area contributed by atoms with Gasteiger partial charge in [0.15, 0.2) is 0 Å². The van der Waals surface area contributed by atoms with Crippen LogP contribution in [0, 0.1) is 13.8 Å². The molecule has 1 atom stereocenters. The summed E-state index contributed by atoms with van der Waals surface area (Å²) in [5, 5.41) is 11.3. The molecule has 162 valence electrons. The zero-order chi connectivity index (χ0) is 22.8. The summed E-state index contributed by atoms with van der Waals surface area (Å²) in [7, 11) is 0. The third-order valence-corrected chi connectivity index (χ3v) is 5.50. The molecule has 3 aromatic rings. The van der Waals surface area contributed by atoms with E-state index in [0.29, 0.717) is 29.3 Å². The number of carbonyl (C=O) groups excluding carboxylic acids is 2. The van der Waals surface area contributed by atoms with Crippen molar-refractivity contribution in [1.82, 2.24) is 4.98 Å². The Labute approximate surface area is 186 Å². The molecule has 1 saturated heterocycles. The summed E-state index contributed by atoms with van der Waals surface area (Å²) < 4.78 is 5.53. The van der Waals surface area contributed by atoms with E-state index < -0.39 is 17.7 Å². The number of pyridine rings is 1. The Morgan fingerprint density at radius 3 is 2.44 bits per heavy atom. The summed E-state index contributed by atoms with van der Waals surface area (Å²) in [6, 6.07) is 17.2. The maximum absolute atomic E-state index is 13.2. The molecule has 1 aliphatic heterocycles. The molecule has 6 heteroatoms. The number of aliphatic hydroxyl groups excluding tert-OH is 1. The fraction of sp³-hybridized carbons (Fsp3) is 0.192. The number of Topliss-reactive ketones (excluding diaryl/α,β-unsaturated/α-hetero) is 1. The quantitative estimate of drug-likeness (QED) is 0.361. The summed E-state index contributed by atoms with van der Waals surface area (Å²) in [4.78, 5) is 31.9. The van der Waals surface area contributed by atoms with E-state index in [0.717, 1.165) is 11.1 Å². The molecule has 0 aliphatic carbocycles. The first-order valence-electron chi connectivity index (χ1n) is 10.4. The number of ketones is 1. The van der Waals surface area contributed by atoms with E-state index in [4.69, 9.17) is 4.74 Å². The zero-order valence-corrected chi connectivity index (χ0v) is 18.2. The predicted molar refractivity (Wildman–Crippen MR) is 123 cm³/mol. The highest BCUT2D eigenvalue weighted by molar-refractivity contribution is 6.51. The van der Waals surface area contributed by atoms with Crippen molar-refractivity contribution in [2.24, 2.45) is 0 Å².